The number of carbonyl (C=O) groups excluding carboxylic acids is 1. The molecular formula is C33H36N4O. The van der Waals surface area contributed by atoms with Crippen molar-refractivity contribution in [1.29, 1.82) is 5.26 Å². The lowest BCUT2D eigenvalue weighted by molar-refractivity contribution is -0.128. The lowest BCUT2D eigenvalue weighted by Crippen LogP contribution is -2.46. The van der Waals surface area contributed by atoms with Gasteiger partial charge in [0, 0.05) is 45.5 Å². The summed E-state index contributed by atoms with van der Waals surface area (Å²) in [5.74, 6) is 0.464. The van der Waals surface area contributed by atoms with Crippen molar-refractivity contribution in [2.75, 3.05) is 39.3 Å². The van der Waals surface area contributed by atoms with Crippen LogP contribution in [0.3, 0.4) is 0 Å². The molecule has 2 aliphatic rings. The van der Waals surface area contributed by atoms with Crippen LogP contribution in [0.2, 0.25) is 0 Å². The highest BCUT2D eigenvalue weighted by Crippen LogP contribution is 2.29. The van der Waals surface area contributed by atoms with Gasteiger partial charge in [-0.1, -0.05) is 91.0 Å². The van der Waals surface area contributed by atoms with E-state index in [2.05, 4.69) is 101 Å². The predicted octanol–water partition coefficient (Wildman–Crippen LogP) is 5.28. The first-order chi connectivity index (χ1) is 18.7. The summed E-state index contributed by atoms with van der Waals surface area (Å²) in [4.78, 5) is 19.7. The molecule has 3 aromatic rings. The van der Waals surface area contributed by atoms with Gasteiger partial charge < -0.3 is 9.80 Å². The summed E-state index contributed by atoms with van der Waals surface area (Å²) in [6.45, 7) is 4.74. The second-order valence-corrected chi connectivity index (χ2v) is 10.4. The molecule has 0 atom stereocenters. The number of piperidine rings is 1. The molecule has 1 amide bonds. The average molecular weight is 505 g/mol. The molecule has 0 saturated carbocycles. The summed E-state index contributed by atoms with van der Waals surface area (Å²) in [5.41, 5.74) is 4.18. The summed E-state index contributed by atoms with van der Waals surface area (Å²) in [7, 11) is 0. The van der Waals surface area contributed by atoms with Crippen LogP contribution in [0.4, 0.5) is 0 Å². The van der Waals surface area contributed by atoms with Crippen LogP contribution in [0.15, 0.2) is 103 Å². The third kappa shape index (κ3) is 6.33. The Bertz CT molecular complexity index is 1200. The second kappa shape index (κ2) is 12.6. The predicted molar refractivity (Wildman–Crippen MR) is 151 cm³/mol. The first kappa shape index (κ1) is 25.8. The Balaban J connectivity index is 1.18. The Morgan fingerprint density at radius 3 is 1.84 bits per heavy atom. The quantitative estimate of drug-likeness (QED) is 0.324. The van der Waals surface area contributed by atoms with Crippen LogP contribution in [0, 0.1) is 17.2 Å². The first-order valence-corrected chi connectivity index (χ1v) is 13.7. The van der Waals surface area contributed by atoms with Gasteiger partial charge in [0.25, 0.3) is 5.91 Å². The lowest BCUT2D eigenvalue weighted by Gasteiger charge is -2.39. The largest absolute Gasteiger partial charge is 0.374 e. The monoisotopic (exact) mass is 504 g/mol. The number of piperazine rings is 1. The van der Waals surface area contributed by atoms with Crippen molar-refractivity contribution >= 4 is 5.91 Å². The van der Waals surface area contributed by atoms with Gasteiger partial charge in [-0.05, 0) is 41.9 Å². The van der Waals surface area contributed by atoms with Crippen LogP contribution in [0.25, 0.3) is 0 Å². The summed E-state index contributed by atoms with van der Waals surface area (Å²) in [6.07, 6.45) is 4.83. The Labute approximate surface area is 226 Å². The van der Waals surface area contributed by atoms with Gasteiger partial charge in [-0.2, -0.15) is 5.26 Å². The fourth-order valence-corrected chi connectivity index (χ4v) is 5.78. The number of amides is 1. The number of rotatable bonds is 7. The van der Waals surface area contributed by atoms with Crippen LogP contribution in [-0.2, 0) is 11.2 Å². The SMILES string of the molecule is N#C/C(=C/N1CCN(C(c2ccccc2)c2ccccc2)CC1)C(=O)N1CCC(Cc2ccccc2)CC1. The fourth-order valence-electron chi connectivity index (χ4n) is 5.78. The minimum absolute atomic E-state index is 0.125. The van der Waals surface area contributed by atoms with Gasteiger partial charge >= 0.3 is 0 Å². The molecule has 5 rings (SSSR count). The van der Waals surface area contributed by atoms with Crippen molar-refractivity contribution in [3.05, 3.63) is 119 Å². The highest BCUT2D eigenvalue weighted by Gasteiger charge is 2.28. The smallest absolute Gasteiger partial charge is 0.266 e. The van der Waals surface area contributed by atoms with Crippen LogP contribution >= 0.6 is 0 Å². The molecule has 0 radical (unpaired) electrons. The first-order valence-electron chi connectivity index (χ1n) is 13.7. The molecule has 2 aliphatic heterocycles. The Hall–Kier alpha value is -3.88. The minimum atomic E-state index is -0.125. The van der Waals surface area contributed by atoms with Crippen LogP contribution in [-0.4, -0.2) is 59.9 Å². The zero-order valence-corrected chi connectivity index (χ0v) is 22.0. The van der Waals surface area contributed by atoms with Gasteiger partial charge in [0.1, 0.15) is 11.6 Å². The summed E-state index contributed by atoms with van der Waals surface area (Å²) >= 11 is 0. The van der Waals surface area contributed by atoms with E-state index in [-0.39, 0.29) is 17.5 Å². The van der Waals surface area contributed by atoms with Crippen molar-refractivity contribution in [2.45, 2.75) is 25.3 Å². The zero-order chi connectivity index (χ0) is 26.2. The molecule has 0 spiro atoms. The topological polar surface area (TPSA) is 50.6 Å². The Morgan fingerprint density at radius 2 is 1.32 bits per heavy atom. The maximum atomic E-state index is 13.2. The zero-order valence-electron chi connectivity index (χ0n) is 22.0. The van der Waals surface area contributed by atoms with Gasteiger partial charge in [0.15, 0.2) is 0 Å². The molecule has 5 heteroatoms. The molecule has 0 aromatic heterocycles. The van der Waals surface area contributed by atoms with Crippen LogP contribution in [0.1, 0.15) is 35.6 Å². The van der Waals surface area contributed by atoms with E-state index in [1.165, 1.54) is 16.7 Å². The molecule has 38 heavy (non-hydrogen) atoms. The molecule has 5 nitrogen and oxygen atoms in total. The maximum Gasteiger partial charge on any atom is 0.266 e. The molecule has 0 aliphatic carbocycles. The molecule has 2 heterocycles. The third-order valence-corrected chi connectivity index (χ3v) is 7.88. The Kier molecular flexibility index (Phi) is 8.53. The van der Waals surface area contributed by atoms with Gasteiger partial charge in [0.05, 0.1) is 6.04 Å². The van der Waals surface area contributed by atoms with Crippen molar-refractivity contribution in [3.63, 3.8) is 0 Å². The molecule has 3 aromatic carbocycles. The van der Waals surface area contributed by atoms with Gasteiger partial charge in [-0.15, -0.1) is 0 Å². The van der Waals surface area contributed by atoms with Crippen LogP contribution < -0.4 is 0 Å². The van der Waals surface area contributed by atoms with E-state index >= 15 is 0 Å². The highest BCUT2D eigenvalue weighted by molar-refractivity contribution is 5.97. The van der Waals surface area contributed by atoms with E-state index in [1.807, 2.05) is 11.0 Å². The van der Waals surface area contributed by atoms with Crippen molar-refractivity contribution in [3.8, 4) is 6.07 Å². The Morgan fingerprint density at radius 1 is 0.789 bits per heavy atom. The number of nitrogens with zero attached hydrogens (tertiary/aromatic N) is 4. The minimum Gasteiger partial charge on any atom is -0.374 e. The summed E-state index contributed by atoms with van der Waals surface area (Å²) in [5, 5.41) is 9.84. The van der Waals surface area contributed by atoms with E-state index in [4.69, 9.17) is 0 Å². The molecule has 194 valence electrons. The molecule has 0 N–H and O–H groups in total. The number of hydrogen-bond acceptors (Lipinski definition) is 4. The normalized spacial score (nSPS) is 17.4. The average Bonchev–Trinajstić information content (AvgIpc) is 2.98. The van der Waals surface area contributed by atoms with Gasteiger partial charge in [0.2, 0.25) is 0 Å². The number of nitriles is 1. The van der Waals surface area contributed by atoms with E-state index in [1.54, 1.807) is 6.20 Å². The van der Waals surface area contributed by atoms with Crippen molar-refractivity contribution in [1.82, 2.24) is 14.7 Å². The molecule has 0 unspecified atom stereocenters. The number of likely N-dealkylation sites (tertiary alicyclic amines) is 1. The molecular weight excluding hydrogens is 468 g/mol. The molecule has 2 saturated heterocycles. The summed E-state index contributed by atoms with van der Waals surface area (Å²) in [6, 6.07) is 34.2. The second-order valence-electron chi connectivity index (χ2n) is 10.4. The van der Waals surface area contributed by atoms with Crippen molar-refractivity contribution < 1.29 is 4.79 Å². The van der Waals surface area contributed by atoms with Gasteiger partial charge in [-0.3, -0.25) is 9.69 Å². The van der Waals surface area contributed by atoms with Crippen LogP contribution in [0.5, 0.6) is 0 Å². The molecule has 0 bridgehead atoms. The number of benzene rings is 3. The number of hydrogen-bond donors (Lipinski definition) is 0. The van der Waals surface area contributed by atoms with Gasteiger partial charge in [-0.25, -0.2) is 0 Å². The summed E-state index contributed by atoms with van der Waals surface area (Å²) < 4.78 is 0. The highest BCUT2D eigenvalue weighted by atomic mass is 16.2. The fraction of sp³-hybridized carbons (Fsp3) is 0.333. The maximum absolute atomic E-state index is 13.2. The van der Waals surface area contributed by atoms with E-state index in [9.17, 15) is 10.1 Å². The lowest BCUT2D eigenvalue weighted by atomic mass is 9.90. The third-order valence-electron chi connectivity index (χ3n) is 7.88. The van der Waals surface area contributed by atoms with E-state index in [0.717, 1.165) is 58.5 Å². The van der Waals surface area contributed by atoms with Crippen molar-refractivity contribution in [2.24, 2.45) is 5.92 Å². The van der Waals surface area contributed by atoms with E-state index < -0.39 is 0 Å². The number of carbonyl (C=O) groups is 1. The molecule has 2 fully saturated rings. The van der Waals surface area contributed by atoms with E-state index in [0.29, 0.717) is 5.92 Å². The standard InChI is InChI=1S/C33H36N4O/c34-25-31(33(38)37-18-16-28(17-19-37)24-27-10-4-1-5-11-27)26-35-20-22-36(23-21-35)32(29-12-6-2-7-13-29)30-14-8-3-9-15-30/h1-15,26,28,32H,16-24H2/b31-26-.